The third-order valence-electron chi connectivity index (χ3n) is 7.53. The fourth-order valence-electron chi connectivity index (χ4n) is 4.95. The Balaban J connectivity index is 1.19. The van der Waals surface area contributed by atoms with E-state index in [9.17, 15) is 9.18 Å². The zero-order valence-electron chi connectivity index (χ0n) is 23.3. The van der Waals surface area contributed by atoms with Crippen LogP contribution in [0.4, 0.5) is 4.39 Å². The molecule has 1 saturated heterocycles. The standard InChI is InChI=1S/C32H37FN4O2/c1-5-36-29(35-37(30(36)38)20-24-11-15-26(16-12-24)31(2,3)4)8-6-7-23-9-13-25(14-10-23)28-18-17-27(19-34-28)32(33)21-39-22-32/h9-19H,5-8,20-22H2,1-4H3. The van der Waals surface area contributed by atoms with Gasteiger partial charge in [-0.3, -0.25) is 9.55 Å². The van der Waals surface area contributed by atoms with Crippen molar-refractivity contribution >= 4 is 0 Å². The van der Waals surface area contributed by atoms with Crippen LogP contribution in [0.25, 0.3) is 11.3 Å². The van der Waals surface area contributed by atoms with Gasteiger partial charge >= 0.3 is 5.69 Å². The summed E-state index contributed by atoms with van der Waals surface area (Å²) in [4.78, 5) is 17.4. The van der Waals surface area contributed by atoms with E-state index in [1.165, 1.54) is 11.1 Å². The number of alkyl halides is 1. The summed E-state index contributed by atoms with van der Waals surface area (Å²) in [6.07, 6.45) is 4.12. The molecule has 3 heterocycles. The average Bonchev–Trinajstić information content (AvgIpc) is 3.21. The number of hydrogen-bond acceptors (Lipinski definition) is 4. The summed E-state index contributed by atoms with van der Waals surface area (Å²) in [7, 11) is 0. The lowest BCUT2D eigenvalue weighted by Gasteiger charge is -2.33. The number of benzene rings is 2. The molecular weight excluding hydrogens is 491 g/mol. The largest absolute Gasteiger partial charge is 0.374 e. The van der Waals surface area contributed by atoms with Gasteiger partial charge in [-0.1, -0.05) is 75.4 Å². The minimum absolute atomic E-state index is 0.0567. The van der Waals surface area contributed by atoms with Gasteiger partial charge in [-0.05, 0) is 47.9 Å². The molecule has 1 fully saturated rings. The Bertz CT molecular complexity index is 1460. The Kier molecular flexibility index (Phi) is 7.54. The van der Waals surface area contributed by atoms with Crippen molar-refractivity contribution in [3.05, 3.63) is 105 Å². The van der Waals surface area contributed by atoms with Crippen LogP contribution in [0.2, 0.25) is 0 Å². The normalized spacial score (nSPS) is 14.8. The molecule has 0 spiro atoms. The molecular formula is C32H37FN4O2. The van der Waals surface area contributed by atoms with Crippen LogP contribution in [0.1, 0.15) is 62.2 Å². The number of ether oxygens (including phenoxy) is 1. The molecule has 0 atom stereocenters. The highest BCUT2D eigenvalue weighted by molar-refractivity contribution is 5.59. The Morgan fingerprint density at radius 3 is 2.21 bits per heavy atom. The summed E-state index contributed by atoms with van der Waals surface area (Å²) < 4.78 is 22.9. The van der Waals surface area contributed by atoms with Crippen LogP contribution in [0.15, 0.2) is 71.7 Å². The summed E-state index contributed by atoms with van der Waals surface area (Å²) in [5, 5.41) is 4.69. The molecule has 1 aliphatic heterocycles. The van der Waals surface area contributed by atoms with Crippen molar-refractivity contribution in [1.29, 1.82) is 0 Å². The first-order valence-electron chi connectivity index (χ1n) is 13.7. The molecule has 7 heteroatoms. The summed E-state index contributed by atoms with van der Waals surface area (Å²) in [6.45, 7) is 9.85. The molecule has 0 radical (unpaired) electrons. The van der Waals surface area contributed by atoms with Gasteiger partial charge in [0.05, 0.1) is 25.5 Å². The molecule has 1 aliphatic rings. The first-order valence-corrected chi connectivity index (χ1v) is 13.7. The fraction of sp³-hybridized carbons (Fsp3) is 0.406. The van der Waals surface area contributed by atoms with Gasteiger partial charge in [0.15, 0.2) is 5.67 Å². The second kappa shape index (κ2) is 10.9. The monoisotopic (exact) mass is 528 g/mol. The first kappa shape index (κ1) is 27.0. The van der Waals surface area contributed by atoms with Crippen LogP contribution in [-0.2, 0) is 41.8 Å². The number of aromatic nitrogens is 4. The molecule has 39 heavy (non-hydrogen) atoms. The van der Waals surface area contributed by atoms with Gasteiger partial charge in [-0.2, -0.15) is 5.10 Å². The smallest absolute Gasteiger partial charge is 0.346 e. The number of aryl methyl sites for hydroxylation is 2. The molecule has 2 aromatic carbocycles. The van der Waals surface area contributed by atoms with E-state index in [2.05, 4.69) is 74.3 Å². The van der Waals surface area contributed by atoms with Crippen LogP contribution >= 0.6 is 0 Å². The summed E-state index contributed by atoms with van der Waals surface area (Å²) in [5.74, 6) is 0.831. The van der Waals surface area contributed by atoms with E-state index in [0.29, 0.717) is 18.7 Å². The Hall–Kier alpha value is -3.58. The maximum absolute atomic E-state index is 14.5. The summed E-state index contributed by atoms with van der Waals surface area (Å²) in [6, 6.07) is 20.4. The van der Waals surface area contributed by atoms with E-state index in [-0.39, 0.29) is 24.3 Å². The number of pyridine rings is 1. The highest BCUT2D eigenvalue weighted by Gasteiger charge is 2.40. The lowest BCUT2D eigenvalue weighted by atomic mass is 9.87. The molecule has 0 aliphatic carbocycles. The molecule has 0 amide bonds. The number of nitrogens with zero attached hydrogens (tertiary/aromatic N) is 4. The van der Waals surface area contributed by atoms with Crippen molar-refractivity contribution in [2.45, 2.75) is 71.1 Å². The summed E-state index contributed by atoms with van der Waals surface area (Å²) in [5.41, 5.74) is 4.59. The van der Waals surface area contributed by atoms with Crippen LogP contribution in [-0.4, -0.2) is 32.5 Å². The SMILES string of the molecule is CCn1c(CCCc2ccc(-c3ccc(C4(F)COC4)cn3)cc2)nn(Cc2ccc(C(C)(C)C)cc2)c1=O. The lowest BCUT2D eigenvalue weighted by molar-refractivity contribution is -0.135. The second-order valence-electron chi connectivity index (χ2n) is 11.5. The predicted molar refractivity (Wildman–Crippen MR) is 152 cm³/mol. The quantitative estimate of drug-likeness (QED) is 0.274. The average molecular weight is 529 g/mol. The van der Waals surface area contributed by atoms with Gasteiger partial charge in [0.2, 0.25) is 0 Å². The van der Waals surface area contributed by atoms with E-state index in [0.717, 1.165) is 41.9 Å². The maximum atomic E-state index is 14.5. The zero-order valence-corrected chi connectivity index (χ0v) is 23.3. The van der Waals surface area contributed by atoms with E-state index in [1.807, 2.05) is 13.0 Å². The fourth-order valence-corrected chi connectivity index (χ4v) is 4.95. The minimum Gasteiger partial charge on any atom is -0.374 e. The van der Waals surface area contributed by atoms with Gasteiger partial charge < -0.3 is 4.74 Å². The predicted octanol–water partition coefficient (Wildman–Crippen LogP) is 5.84. The van der Waals surface area contributed by atoms with E-state index >= 15 is 0 Å². The maximum Gasteiger partial charge on any atom is 0.346 e. The van der Waals surface area contributed by atoms with E-state index in [1.54, 1.807) is 21.5 Å². The number of halogens is 1. The first-order chi connectivity index (χ1) is 18.7. The third-order valence-corrected chi connectivity index (χ3v) is 7.53. The Morgan fingerprint density at radius 2 is 1.64 bits per heavy atom. The minimum atomic E-state index is -1.40. The number of hydrogen-bond donors (Lipinski definition) is 0. The van der Waals surface area contributed by atoms with E-state index < -0.39 is 5.67 Å². The molecule has 2 aromatic heterocycles. The highest BCUT2D eigenvalue weighted by Crippen LogP contribution is 2.34. The molecule has 0 bridgehead atoms. The van der Waals surface area contributed by atoms with Crippen molar-refractivity contribution < 1.29 is 9.13 Å². The van der Waals surface area contributed by atoms with Gasteiger partial charge in [-0.25, -0.2) is 13.9 Å². The lowest BCUT2D eigenvalue weighted by Crippen LogP contribution is -2.42. The molecule has 0 saturated carbocycles. The van der Waals surface area contributed by atoms with Crippen molar-refractivity contribution in [3.63, 3.8) is 0 Å². The number of rotatable bonds is 9. The van der Waals surface area contributed by atoms with Crippen LogP contribution in [0, 0.1) is 0 Å². The molecule has 6 nitrogen and oxygen atoms in total. The summed E-state index contributed by atoms with van der Waals surface area (Å²) >= 11 is 0. The Labute approximate surface area is 229 Å². The molecule has 204 valence electrons. The van der Waals surface area contributed by atoms with Crippen LogP contribution in [0.5, 0.6) is 0 Å². The van der Waals surface area contributed by atoms with Crippen LogP contribution < -0.4 is 5.69 Å². The third kappa shape index (κ3) is 5.88. The Morgan fingerprint density at radius 1 is 0.949 bits per heavy atom. The molecule has 0 unspecified atom stereocenters. The van der Waals surface area contributed by atoms with Gasteiger partial charge in [0.1, 0.15) is 5.82 Å². The highest BCUT2D eigenvalue weighted by atomic mass is 19.1. The second-order valence-corrected chi connectivity index (χ2v) is 11.5. The van der Waals surface area contributed by atoms with Crippen molar-refractivity contribution in [1.82, 2.24) is 19.3 Å². The van der Waals surface area contributed by atoms with Gasteiger partial charge in [0, 0.05) is 30.3 Å². The van der Waals surface area contributed by atoms with Gasteiger partial charge in [0.25, 0.3) is 0 Å². The molecule has 5 rings (SSSR count). The van der Waals surface area contributed by atoms with Gasteiger partial charge in [-0.15, -0.1) is 0 Å². The van der Waals surface area contributed by atoms with E-state index in [4.69, 9.17) is 9.84 Å². The van der Waals surface area contributed by atoms with Crippen LogP contribution in [0.3, 0.4) is 0 Å². The molecule has 4 aromatic rings. The van der Waals surface area contributed by atoms with Crippen molar-refractivity contribution in [3.8, 4) is 11.3 Å². The van der Waals surface area contributed by atoms with Crippen molar-refractivity contribution in [2.24, 2.45) is 0 Å². The van der Waals surface area contributed by atoms with Crippen molar-refractivity contribution in [2.75, 3.05) is 13.2 Å². The zero-order chi connectivity index (χ0) is 27.6. The molecule has 0 N–H and O–H groups in total. The topological polar surface area (TPSA) is 61.9 Å².